The minimum Gasteiger partial charge on any atom is -0.334 e. The first-order valence-corrected chi connectivity index (χ1v) is 6.70. The molecule has 0 saturated carbocycles. The average molecular weight is 290 g/mol. The highest BCUT2D eigenvalue weighted by molar-refractivity contribution is 6.29. The summed E-state index contributed by atoms with van der Waals surface area (Å²) in [6.07, 6.45) is 0. The monoisotopic (exact) mass is 289 g/mol. The van der Waals surface area contributed by atoms with Gasteiger partial charge in [0.1, 0.15) is 0 Å². The minimum absolute atomic E-state index is 0.0411. The number of halogens is 1. The van der Waals surface area contributed by atoms with Crippen molar-refractivity contribution in [3.8, 4) is 0 Å². The highest BCUT2D eigenvalue weighted by Gasteiger charge is 2.20. The molecule has 20 heavy (non-hydrogen) atoms. The second-order valence-corrected chi connectivity index (χ2v) is 5.13. The zero-order valence-corrected chi connectivity index (χ0v) is 12.4. The number of hydrogen-bond donors (Lipinski definition) is 0. The van der Waals surface area contributed by atoms with Crippen LogP contribution in [0.4, 0.5) is 0 Å². The van der Waals surface area contributed by atoms with Crippen molar-refractivity contribution in [3.63, 3.8) is 0 Å². The van der Waals surface area contributed by atoms with E-state index in [-0.39, 0.29) is 22.8 Å². The van der Waals surface area contributed by atoms with Crippen LogP contribution in [-0.2, 0) is 0 Å². The Kier molecular flexibility index (Phi) is 4.35. The number of benzene rings is 1. The molecule has 2 rings (SSSR count). The molecular formula is C15H16ClN3O. The normalized spacial score (nSPS) is 12.0. The SMILES string of the molecule is Cc1ccc(C(C)N(C)C(=O)c2ccc(Cl)nn2)cc1. The fourth-order valence-corrected chi connectivity index (χ4v) is 1.96. The molecule has 0 spiro atoms. The largest absolute Gasteiger partial charge is 0.334 e. The number of aryl methyl sites for hydroxylation is 1. The maximum absolute atomic E-state index is 12.3. The van der Waals surface area contributed by atoms with E-state index in [2.05, 4.69) is 10.2 Å². The minimum atomic E-state index is -0.178. The molecule has 1 atom stereocenters. The van der Waals surface area contributed by atoms with Crippen LogP contribution >= 0.6 is 11.6 Å². The molecule has 1 amide bonds. The molecule has 0 N–H and O–H groups in total. The topological polar surface area (TPSA) is 46.1 Å². The second kappa shape index (κ2) is 6.01. The molecule has 0 aliphatic rings. The molecule has 1 aromatic carbocycles. The lowest BCUT2D eigenvalue weighted by Gasteiger charge is -2.25. The van der Waals surface area contributed by atoms with Gasteiger partial charge in [-0.25, -0.2) is 0 Å². The van der Waals surface area contributed by atoms with E-state index in [0.29, 0.717) is 0 Å². The van der Waals surface area contributed by atoms with E-state index in [1.165, 1.54) is 5.56 Å². The summed E-state index contributed by atoms with van der Waals surface area (Å²) in [5.74, 6) is -0.178. The maximum Gasteiger partial charge on any atom is 0.274 e. The molecule has 1 unspecified atom stereocenters. The van der Waals surface area contributed by atoms with Gasteiger partial charge in [-0.3, -0.25) is 4.79 Å². The van der Waals surface area contributed by atoms with Gasteiger partial charge in [-0.1, -0.05) is 41.4 Å². The smallest absolute Gasteiger partial charge is 0.274 e. The lowest BCUT2D eigenvalue weighted by molar-refractivity contribution is 0.0735. The van der Waals surface area contributed by atoms with Crippen LogP contribution < -0.4 is 0 Å². The fraction of sp³-hybridized carbons (Fsp3) is 0.267. The Morgan fingerprint density at radius 1 is 1.15 bits per heavy atom. The molecule has 0 bridgehead atoms. The number of aromatic nitrogens is 2. The molecule has 0 aliphatic carbocycles. The van der Waals surface area contributed by atoms with Gasteiger partial charge in [-0.05, 0) is 31.5 Å². The van der Waals surface area contributed by atoms with Gasteiger partial charge in [-0.15, -0.1) is 10.2 Å². The van der Waals surface area contributed by atoms with Gasteiger partial charge in [0.15, 0.2) is 10.8 Å². The van der Waals surface area contributed by atoms with Gasteiger partial charge >= 0.3 is 0 Å². The standard InChI is InChI=1S/C15H16ClN3O/c1-10-4-6-12(7-5-10)11(2)19(3)15(20)13-8-9-14(16)18-17-13/h4-9,11H,1-3H3. The first-order chi connectivity index (χ1) is 9.49. The summed E-state index contributed by atoms with van der Waals surface area (Å²) in [6.45, 7) is 4.01. The van der Waals surface area contributed by atoms with Crippen LogP contribution in [0.1, 0.15) is 34.6 Å². The first-order valence-electron chi connectivity index (χ1n) is 6.32. The number of carbonyl (C=O) groups is 1. The lowest BCUT2D eigenvalue weighted by Crippen LogP contribution is -2.30. The number of rotatable bonds is 3. The van der Waals surface area contributed by atoms with Crippen LogP contribution in [0.15, 0.2) is 36.4 Å². The summed E-state index contributed by atoms with van der Waals surface area (Å²) < 4.78 is 0. The van der Waals surface area contributed by atoms with E-state index in [0.717, 1.165) is 5.56 Å². The first kappa shape index (κ1) is 14.5. The molecule has 0 fully saturated rings. The van der Waals surface area contributed by atoms with Crippen LogP contribution in [0, 0.1) is 6.92 Å². The molecule has 0 aliphatic heterocycles. The Balaban J connectivity index is 2.17. The summed E-state index contributed by atoms with van der Waals surface area (Å²) in [5.41, 5.74) is 2.56. The molecule has 1 aromatic heterocycles. The van der Waals surface area contributed by atoms with Crippen molar-refractivity contribution in [2.75, 3.05) is 7.05 Å². The van der Waals surface area contributed by atoms with Crippen molar-refractivity contribution in [1.82, 2.24) is 15.1 Å². The molecule has 5 heteroatoms. The van der Waals surface area contributed by atoms with Crippen molar-refractivity contribution >= 4 is 17.5 Å². The van der Waals surface area contributed by atoms with E-state index in [4.69, 9.17) is 11.6 Å². The van der Waals surface area contributed by atoms with Gasteiger partial charge in [0.2, 0.25) is 0 Å². The summed E-state index contributed by atoms with van der Waals surface area (Å²) in [7, 11) is 1.75. The van der Waals surface area contributed by atoms with Gasteiger partial charge in [-0.2, -0.15) is 0 Å². The summed E-state index contributed by atoms with van der Waals surface area (Å²) in [4.78, 5) is 14.0. The Hall–Kier alpha value is -1.94. The number of hydrogen-bond acceptors (Lipinski definition) is 3. The predicted octanol–water partition coefficient (Wildman–Crippen LogP) is 3.27. The molecular weight excluding hydrogens is 274 g/mol. The summed E-state index contributed by atoms with van der Waals surface area (Å²) in [5, 5.41) is 7.78. The molecule has 104 valence electrons. The van der Waals surface area contributed by atoms with Crippen LogP contribution in [0.25, 0.3) is 0 Å². The van der Waals surface area contributed by atoms with Crippen molar-refractivity contribution in [3.05, 3.63) is 58.4 Å². The van der Waals surface area contributed by atoms with Gasteiger partial charge in [0.05, 0.1) is 6.04 Å². The average Bonchev–Trinajstić information content (AvgIpc) is 2.46. The van der Waals surface area contributed by atoms with Gasteiger partial charge in [0, 0.05) is 7.05 Å². The summed E-state index contributed by atoms with van der Waals surface area (Å²) in [6, 6.07) is 11.2. The fourth-order valence-electron chi connectivity index (χ4n) is 1.86. The Labute approximate surface area is 123 Å². The third-order valence-corrected chi connectivity index (χ3v) is 3.51. The predicted molar refractivity (Wildman–Crippen MR) is 78.7 cm³/mol. The van der Waals surface area contributed by atoms with Crippen LogP contribution in [0.5, 0.6) is 0 Å². The van der Waals surface area contributed by atoms with E-state index < -0.39 is 0 Å². The van der Waals surface area contributed by atoms with E-state index in [1.54, 1.807) is 24.1 Å². The molecule has 1 heterocycles. The van der Waals surface area contributed by atoms with Crippen molar-refractivity contribution < 1.29 is 4.79 Å². The maximum atomic E-state index is 12.3. The van der Waals surface area contributed by atoms with Crippen LogP contribution in [0.3, 0.4) is 0 Å². The van der Waals surface area contributed by atoms with Crippen molar-refractivity contribution in [1.29, 1.82) is 0 Å². The van der Waals surface area contributed by atoms with Crippen LogP contribution in [-0.4, -0.2) is 28.1 Å². The van der Waals surface area contributed by atoms with Gasteiger partial charge < -0.3 is 4.90 Å². The zero-order valence-electron chi connectivity index (χ0n) is 11.7. The van der Waals surface area contributed by atoms with E-state index in [9.17, 15) is 4.79 Å². The number of carbonyl (C=O) groups excluding carboxylic acids is 1. The number of nitrogens with zero attached hydrogens (tertiary/aromatic N) is 3. The molecule has 2 aromatic rings. The highest BCUT2D eigenvalue weighted by Crippen LogP contribution is 2.20. The van der Waals surface area contributed by atoms with Crippen LogP contribution in [0.2, 0.25) is 5.15 Å². The molecule has 0 saturated heterocycles. The van der Waals surface area contributed by atoms with Crippen molar-refractivity contribution in [2.24, 2.45) is 0 Å². The molecule has 4 nitrogen and oxygen atoms in total. The third-order valence-electron chi connectivity index (χ3n) is 3.31. The molecule has 0 radical (unpaired) electrons. The third kappa shape index (κ3) is 3.14. The Bertz CT molecular complexity index is 596. The highest BCUT2D eigenvalue weighted by atomic mass is 35.5. The number of amides is 1. The van der Waals surface area contributed by atoms with Crippen molar-refractivity contribution in [2.45, 2.75) is 19.9 Å². The van der Waals surface area contributed by atoms with Gasteiger partial charge in [0.25, 0.3) is 5.91 Å². The quantitative estimate of drug-likeness (QED) is 0.871. The van der Waals surface area contributed by atoms with E-state index in [1.807, 2.05) is 38.1 Å². The Morgan fingerprint density at radius 2 is 1.80 bits per heavy atom. The second-order valence-electron chi connectivity index (χ2n) is 4.74. The lowest BCUT2D eigenvalue weighted by atomic mass is 10.1. The Morgan fingerprint density at radius 3 is 2.35 bits per heavy atom. The van der Waals surface area contributed by atoms with E-state index >= 15 is 0 Å². The summed E-state index contributed by atoms with van der Waals surface area (Å²) >= 11 is 5.67. The zero-order chi connectivity index (χ0) is 14.7.